The van der Waals surface area contributed by atoms with E-state index >= 15 is 0 Å². The second kappa shape index (κ2) is 5.90. The van der Waals surface area contributed by atoms with E-state index in [0.717, 1.165) is 17.8 Å². The van der Waals surface area contributed by atoms with Crippen LogP contribution in [0.2, 0.25) is 0 Å². The summed E-state index contributed by atoms with van der Waals surface area (Å²) in [5.74, 6) is 1.05. The maximum Gasteiger partial charge on any atom is 0.352 e. The van der Waals surface area contributed by atoms with Gasteiger partial charge in [0.05, 0.1) is 11.6 Å². The van der Waals surface area contributed by atoms with E-state index in [1.165, 1.54) is 0 Å². The second-order valence-corrected chi connectivity index (χ2v) is 5.35. The van der Waals surface area contributed by atoms with Crippen LogP contribution in [-0.2, 0) is 13.2 Å². The van der Waals surface area contributed by atoms with Crippen molar-refractivity contribution < 1.29 is 4.74 Å². The summed E-state index contributed by atoms with van der Waals surface area (Å²) in [6.07, 6.45) is 0.903. The van der Waals surface area contributed by atoms with Gasteiger partial charge in [-0.25, -0.2) is 4.79 Å². The Hall–Kier alpha value is -2.81. The lowest BCUT2D eigenvalue weighted by molar-refractivity contribution is 0.290. The molecule has 6 heteroatoms. The molecule has 0 radical (unpaired) electrons. The third kappa shape index (κ3) is 2.93. The maximum absolute atomic E-state index is 12.0. The van der Waals surface area contributed by atoms with Gasteiger partial charge >= 0.3 is 5.69 Å². The van der Waals surface area contributed by atoms with Gasteiger partial charge in [0.15, 0.2) is 0 Å². The second-order valence-electron chi connectivity index (χ2n) is 5.35. The number of benzene rings is 1. The normalized spacial score (nSPS) is 16.3. The molecule has 0 amide bonds. The smallest absolute Gasteiger partial charge is 0.352 e. The van der Waals surface area contributed by atoms with Crippen molar-refractivity contribution in [2.75, 3.05) is 5.32 Å². The minimum absolute atomic E-state index is 0.299. The van der Waals surface area contributed by atoms with Crippen LogP contribution in [0.1, 0.15) is 24.5 Å². The third-order valence-corrected chi connectivity index (χ3v) is 3.64. The molecule has 2 heterocycles. The van der Waals surface area contributed by atoms with Crippen LogP contribution >= 0.6 is 0 Å². The third-order valence-electron chi connectivity index (χ3n) is 3.64. The quantitative estimate of drug-likeness (QED) is 0.935. The van der Waals surface area contributed by atoms with Gasteiger partial charge in [-0.05, 0) is 31.0 Å². The van der Waals surface area contributed by atoms with Gasteiger partial charge in [0.25, 0.3) is 0 Å². The molecule has 0 bridgehead atoms. The fourth-order valence-electron chi connectivity index (χ4n) is 2.37. The summed E-state index contributed by atoms with van der Waals surface area (Å²) in [6, 6.07) is 11.3. The van der Waals surface area contributed by atoms with Crippen LogP contribution in [0.4, 0.5) is 5.82 Å². The highest BCUT2D eigenvalue weighted by atomic mass is 16.5. The van der Waals surface area contributed by atoms with Gasteiger partial charge < -0.3 is 10.1 Å². The Morgan fingerprint density at radius 3 is 2.95 bits per heavy atom. The van der Waals surface area contributed by atoms with Gasteiger partial charge in [-0.15, -0.1) is 0 Å². The zero-order valence-corrected chi connectivity index (χ0v) is 12.2. The predicted molar refractivity (Wildman–Crippen MR) is 81.7 cm³/mol. The average Bonchev–Trinajstić information content (AvgIpc) is 2.53. The van der Waals surface area contributed by atoms with Crippen LogP contribution in [0.25, 0.3) is 0 Å². The average molecular weight is 296 g/mol. The number of fused-ring (bicyclic) bond motifs is 1. The number of nitrogens with zero attached hydrogens (tertiary/aromatic N) is 3. The summed E-state index contributed by atoms with van der Waals surface area (Å²) in [6.45, 7) is 3.05. The van der Waals surface area contributed by atoms with Crippen molar-refractivity contribution in [2.45, 2.75) is 32.5 Å². The van der Waals surface area contributed by atoms with Crippen molar-refractivity contribution in [1.29, 1.82) is 5.26 Å². The fraction of sp³-hybridized carbons (Fsp3) is 0.312. The Kier molecular flexibility index (Phi) is 3.79. The lowest BCUT2D eigenvalue weighted by Crippen LogP contribution is -2.34. The number of hydrogen-bond acceptors (Lipinski definition) is 5. The van der Waals surface area contributed by atoms with Crippen LogP contribution in [-0.4, -0.2) is 15.6 Å². The summed E-state index contributed by atoms with van der Waals surface area (Å²) in [4.78, 5) is 15.9. The summed E-state index contributed by atoms with van der Waals surface area (Å²) >= 11 is 0. The molecule has 1 aliphatic heterocycles. The minimum atomic E-state index is -0.299. The van der Waals surface area contributed by atoms with Gasteiger partial charge in [0.1, 0.15) is 12.4 Å². The van der Waals surface area contributed by atoms with Crippen LogP contribution < -0.4 is 15.7 Å². The number of nitrogens with one attached hydrogen (secondary N) is 1. The van der Waals surface area contributed by atoms with Gasteiger partial charge in [-0.1, -0.05) is 12.1 Å². The summed E-state index contributed by atoms with van der Waals surface area (Å²) in [7, 11) is 0. The van der Waals surface area contributed by atoms with Crippen molar-refractivity contribution >= 4 is 5.82 Å². The standard InChI is InChI=1S/C16H16N4O2/c1-11-6-7-20-14(18-11)8-15(19-16(20)21)22-10-13-4-2-12(9-17)3-5-13/h2-5,8,11,18H,6-7,10H2,1H3/t11-/m1/s1. The molecule has 1 atom stereocenters. The molecule has 0 fully saturated rings. The molecular weight excluding hydrogens is 280 g/mol. The monoisotopic (exact) mass is 296 g/mol. The predicted octanol–water partition coefficient (Wildman–Crippen LogP) is 1.90. The first-order chi connectivity index (χ1) is 10.7. The van der Waals surface area contributed by atoms with Crippen LogP contribution in [0.15, 0.2) is 35.1 Å². The molecule has 6 nitrogen and oxygen atoms in total. The van der Waals surface area contributed by atoms with E-state index in [1.807, 2.05) is 12.1 Å². The molecule has 1 N–H and O–H groups in total. The number of ether oxygens (including phenoxy) is 1. The largest absolute Gasteiger partial charge is 0.473 e. The highest BCUT2D eigenvalue weighted by Gasteiger charge is 2.16. The van der Waals surface area contributed by atoms with Gasteiger partial charge in [0, 0.05) is 18.7 Å². The molecule has 0 spiro atoms. The number of aromatic nitrogens is 2. The highest BCUT2D eigenvalue weighted by molar-refractivity contribution is 5.41. The van der Waals surface area contributed by atoms with Gasteiger partial charge in [-0.2, -0.15) is 10.2 Å². The molecule has 22 heavy (non-hydrogen) atoms. The van der Waals surface area contributed by atoms with Crippen LogP contribution in [0.3, 0.4) is 0 Å². The molecule has 1 aromatic carbocycles. The van der Waals surface area contributed by atoms with E-state index < -0.39 is 0 Å². The van der Waals surface area contributed by atoms with Crippen molar-refractivity contribution in [2.24, 2.45) is 0 Å². The molecule has 0 unspecified atom stereocenters. The number of anilines is 1. The number of rotatable bonds is 3. The summed E-state index contributed by atoms with van der Waals surface area (Å²) in [5.41, 5.74) is 1.22. The van der Waals surface area contributed by atoms with E-state index in [2.05, 4.69) is 23.3 Å². The Morgan fingerprint density at radius 1 is 1.45 bits per heavy atom. The Labute approximate surface area is 128 Å². The van der Waals surface area contributed by atoms with Crippen molar-refractivity contribution in [3.8, 4) is 11.9 Å². The molecule has 2 aromatic rings. The SMILES string of the molecule is C[C@@H]1CCn2c(cc(OCc3ccc(C#N)cc3)nc2=O)N1. The molecule has 1 aliphatic rings. The van der Waals surface area contributed by atoms with Crippen LogP contribution in [0, 0.1) is 11.3 Å². The van der Waals surface area contributed by atoms with Crippen molar-refractivity contribution in [3.05, 3.63) is 51.9 Å². The maximum atomic E-state index is 12.0. The van der Waals surface area contributed by atoms with E-state index in [-0.39, 0.29) is 5.69 Å². The first-order valence-electron chi connectivity index (χ1n) is 7.16. The topological polar surface area (TPSA) is 79.9 Å². The van der Waals surface area contributed by atoms with Gasteiger partial charge in [0.2, 0.25) is 5.88 Å². The molecule has 0 saturated carbocycles. The van der Waals surface area contributed by atoms with Crippen molar-refractivity contribution in [1.82, 2.24) is 9.55 Å². The molecule has 1 aromatic heterocycles. The van der Waals surface area contributed by atoms with Crippen LogP contribution in [0.5, 0.6) is 5.88 Å². The molecular formula is C16H16N4O2. The lowest BCUT2D eigenvalue weighted by Gasteiger charge is -2.25. The van der Waals surface area contributed by atoms with Crippen molar-refractivity contribution in [3.63, 3.8) is 0 Å². The van der Waals surface area contributed by atoms with Gasteiger partial charge in [-0.3, -0.25) is 4.57 Å². The fourth-order valence-corrected chi connectivity index (χ4v) is 2.37. The zero-order chi connectivity index (χ0) is 15.5. The van der Waals surface area contributed by atoms with E-state index in [1.54, 1.807) is 22.8 Å². The van der Waals surface area contributed by atoms with E-state index in [4.69, 9.17) is 10.00 Å². The number of nitriles is 1. The molecule has 0 aliphatic carbocycles. The minimum Gasteiger partial charge on any atom is -0.473 e. The molecule has 112 valence electrons. The summed E-state index contributed by atoms with van der Waals surface area (Å²) < 4.78 is 7.22. The Bertz CT molecular complexity index is 774. The van der Waals surface area contributed by atoms with E-state index in [9.17, 15) is 4.79 Å². The molecule has 0 saturated heterocycles. The molecule has 3 rings (SSSR count). The van der Waals surface area contributed by atoms with E-state index in [0.29, 0.717) is 30.6 Å². The first kappa shape index (κ1) is 14.1. The first-order valence-corrected chi connectivity index (χ1v) is 7.16. The Morgan fingerprint density at radius 2 is 2.23 bits per heavy atom. The summed E-state index contributed by atoms with van der Waals surface area (Å²) in [5, 5.41) is 12.0. The lowest BCUT2D eigenvalue weighted by atomic mass is 10.2. The zero-order valence-electron chi connectivity index (χ0n) is 12.2. The highest BCUT2D eigenvalue weighted by Crippen LogP contribution is 2.19. The Balaban J connectivity index is 1.75. The number of hydrogen-bond donors (Lipinski definition) is 1.